The van der Waals surface area contributed by atoms with Gasteiger partial charge in [0.15, 0.2) is 16.6 Å². The second kappa shape index (κ2) is 13.9. The van der Waals surface area contributed by atoms with Gasteiger partial charge in [0, 0.05) is 11.0 Å². The average molecular weight is 601 g/mol. The number of rotatable bonds is 13. The van der Waals surface area contributed by atoms with Gasteiger partial charge in [0.2, 0.25) is 0 Å². The van der Waals surface area contributed by atoms with Crippen LogP contribution in [0.5, 0.6) is 0 Å². The van der Waals surface area contributed by atoms with Crippen molar-refractivity contribution in [2.24, 2.45) is 0 Å². The first-order valence-electron chi connectivity index (χ1n) is 14.4. The van der Waals surface area contributed by atoms with Crippen molar-refractivity contribution < 1.29 is 18.8 Å². The van der Waals surface area contributed by atoms with Crippen molar-refractivity contribution in [1.29, 1.82) is 0 Å². The minimum Gasteiger partial charge on any atom is -0.478 e. The second-order valence-electron chi connectivity index (χ2n) is 13.8. The molecular weight excluding hydrogens is 549 g/mol. The van der Waals surface area contributed by atoms with Gasteiger partial charge in [-0.15, -0.1) is 11.3 Å². The molecule has 1 heterocycles. The molecule has 0 amide bonds. The van der Waals surface area contributed by atoms with Crippen LogP contribution >= 0.6 is 11.3 Å². The summed E-state index contributed by atoms with van der Waals surface area (Å²) < 4.78 is 13.3. The first-order chi connectivity index (χ1) is 18.4. The number of allylic oxidation sites excluding steroid dienone is 3. The van der Waals surface area contributed by atoms with Gasteiger partial charge in [-0.25, -0.2) is 4.79 Å². The summed E-state index contributed by atoms with van der Waals surface area (Å²) in [5, 5.41) is 11.4. The van der Waals surface area contributed by atoms with Crippen molar-refractivity contribution in [3.8, 4) is 0 Å². The van der Waals surface area contributed by atoms with Gasteiger partial charge in [-0.1, -0.05) is 78.8 Å². The van der Waals surface area contributed by atoms with Crippen LogP contribution in [0.3, 0.4) is 0 Å². The number of hydrogen-bond acceptors (Lipinski definition) is 4. The van der Waals surface area contributed by atoms with E-state index in [1.54, 1.807) is 17.4 Å². The molecule has 0 saturated carbocycles. The van der Waals surface area contributed by atoms with Gasteiger partial charge in [0.05, 0.1) is 13.2 Å². The Kier molecular flexibility index (Phi) is 12.0. The molecule has 0 aliphatic carbocycles. The first-order valence-corrected chi connectivity index (χ1v) is 21.1. The molecule has 1 N–H and O–H groups in total. The van der Waals surface area contributed by atoms with E-state index in [0.29, 0.717) is 13.2 Å². The van der Waals surface area contributed by atoms with Gasteiger partial charge in [-0.05, 0) is 94.8 Å². The van der Waals surface area contributed by atoms with Gasteiger partial charge < -0.3 is 14.0 Å². The fourth-order valence-electron chi connectivity index (χ4n) is 3.64. The van der Waals surface area contributed by atoms with Crippen LogP contribution in [0, 0.1) is 0 Å². The van der Waals surface area contributed by atoms with Crippen molar-refractivity contribution in [3.05, 3.63) is 75.0 Å². The van der Waals surface area contributed by atoms with E-state index in [2.05, 4.69) is 104 Å². The maximum absolute atomic E-state index is 10.8. The Morgan fingerprint density at radius 1 is 0.875 bits per heavy atom. The van der Waals surface area contributed by atoms with Crippen LogP contribution in [-0.4, -0.2) is 27.7 Å². The number of aliphatic carboxylic acids is 1. The predicted molar refractivity (Wildman–Crippen MR) is 177 cm³/mol. The van der Waals surface area contributed by atoms with E-state index in [0.717, 1.165) is 24.8 Å². The number of carboxylic acid groups (broad SMARTS) is 1. The maximum atomic E-state index is 10.8. The first kappa shape index (κ1) is 34.4. The van der Waals surface area contributed by atoms with E-state index in [9.17, 15) is 4.79 Å². The van der Waals surface area contributed by atoms with Crippen molar-refractivity contribution >= 4 is 39.5 Å². The van der Waals surface area contributed by atoms with Gasteiger partial charge in [0.1, 0.15) is 0 Å². The molecule has 0 saturated heterocycles. The lowest BCUT2D eigenvalue weighted by atomic mass is 10.00. The summed E-state index contributed by atoms with van der Waals surface area (Å²) in [5.74, 6) is -0.926. The molecule has 0 aliphatic heterocycles. The Labute approximate surface area is 249 Å². The lowest BCUT2D eigenvalue weighted by Gasteiger charge is -2.37. The molecule has 2 rings (SSSR count). The van der Waals surface area contributed by atoms with E-state index in [1.807, 2.05) is 6.08 Å². The molecule has 4 nitrogen and oxygen atoms in total. The van der Waals surface area contributed by atoms with E-state index < -0.39 is 22.6 Å². The summed E-state index contributed by atoms with van der Waals surface area (Å²) in [5.41, 5.74) is 6.26. The molecular formula is C33H52O4SSi2. The normalized spacial score (nSPS) is 13.8. The van der Waals surface area contributed by atoms with Crippen molar-refractivity contribution in [2.75, 3.05) is 0 Å². The minimum atomic E-state index is -1.89. The number of hydrogen-bond donors (Lipinski definition) is 1. The molecule has 0 bridgehead atoms. The SMILES string of the molecule is CCC(=CC=CC(=O)O)c1cc(CCc2ccc(CO[Si](C)(C)C(C)(C)C)c(CO[Si](C)(C)C(C)(C)C)c2)cs1. The average Bonchev–Trinajstić information content (AvgIpc) is 3.30. The third-order valence-corrected chi connectivity index (χ3v) is 18.7. The lowest BCUT2D eigenvalue weighted by molar-refractivity contribution is -0.131. The van der Waals surface area contributed by atoms with E-state index in [1.165, 1.54) is 33.2 Å². The molecule has 0 spiro atoms. The highest BCUT2D eigenvalue weighted by atomic mass is 32.1. The Morgan fingerprint density at radius 2 is 1.43 bits per heavy atom. The summed E-state index contributed by atoms with van der Waals surface area (Å²) >= 11 is 1.73. The van der Waals surface area contributed by atoms with Crippen molar-refractivity contribution in [2.45, 2.75) is 117 Å². The van der Waals surface area contributed by atoms with Crippen LogP contribution in [0.15, 0.2) is 47.9 Å². The van der Waals surface area contributed by atoms with Crippen molar-refractivity contribution in [3.63, 3.8) is 0 Å². The third-order valence-electron chi connectivity index (χ3n) is 8.65. The second-order valence-corrected chi connectivity index (χ2v) is 24.3. The number of benzene rings is 1. The highest BCUT2D eigenvalue weighted by Crippen LogP contribution is 2.39. The monoisotopic (exact) mass is 600 g/mol. The van der Waals surface area contributed by atoms with Crippen LogP contribution in [-0.2, 0) is 39.7 Å². The molecule has 222 valence electrons. The van der Waals surface area contributed by atoms with E-state index >= 15 is 0 Å². The van der Waals surface area contributed by atoms with Crippen LogP contribution in [0.25, 0.3) is 5.57 Å². The van der Waals surface area contributed by atoms with Crippen LogP contribution < -0.4 is 0 Å². The largest absolute Gasteiger partial charge is 0.478 e. The van der Waals surface area contributed by atoms with Gasteiger partial charge in [-0.3, -0.25) is 0 Å². The fraction of sp³-hybridized carbons (Fsp3) is 0.545. The predicted octanol–water partition coefficient (Wildman–Crippen LogP) is 10.0. The Hall–Kier alpha value is -1.78. The molecule has 7 heteroatoms. The number of carboxylic acids is 1. The van der Waals surface area contributed by atoms with Crippen LogP contribution in [0.4, 0.5) is 0 Å². The molecule has 0 fully saturated rings. The van der Waals surface area contributed by atoms with E-state index in [-0.39, 0.29) is 10.1 Å². The Morgan fingerprint density at radius 3 is 1.95 bits per heavy atom. The molecule has 40 heavy (non-hydrogen) atoms. The minimum absolute atomic E-state index is 0.161. The molecule has 1 aromatic carbocycles. The summed E-state index contributed by atoms with van der Waals surface area (Å²) in [6.07, 6.45) is 7.47. The van der Waals surface area contributed by atoms with Gasteiger partial charge >= 0.3 is 5.97 Å². The lowest BCUT2D eigenvalue weighted by Crippen LogP contribution is -2.41. The van der Waals surface area contributed by atoms with Crippen molar-refractivity contribution in [1.82, 2.24) is 0 Å². The molecule has 0 radical (unpaired) electrons. The fourth-order valence-corrected chi connectivity index (χ4v) is 6.59. The molecule has 0 atom stereocenters. The summed E-state index contributed by atoms with van der Waals surface area (Å²) in [4.78, 5) is 12.0. The molecule has 1 aromatic heterocycles. The molecule has 2 aromatic rings. The standard InChI is InChI=1S/C33H52O4SSi2/c1-12-27(14-13-15-31(34)35)30-21-26(24-38-30)17-16-25-18-19-28(22-36-39(8,9)32(2,3)4)29(20-25)23-37-40(10,11)33(5,6)7/h13-15,18-21,24H,12,16-17,22-23H2,1-11H3,(H,34,35). The Balaban J connectivity index is 2.23. The maximum Gasteiger partial charge on any atom is 0.328 e. The van der Waals surface area contributed by atoms with Crippen LogP contribution in [0.1, 0.15) is 82.0 Å². The third kappa shape index (κ3) is 9.95. The van der Waals surface area contributed by atoms with E-state index in [4.69, 9.17) is 14.0 Å². The van der Waals surface area contributed by atoms with Crippen LogP contribution in [0.2, 0.25) is 36.3 Å². The zero-order chi connectivity index (χ0) is 30.4. The summed E-state index contributed by atoms with van der Waals surface area (Å²) in [6.45, 7) is 26.3. The number of aryl methyl sites for hydroxylation is 2. The topological polar surface area (TPSA) is 55.8 Å². The zero-order valence-corrected chi connectivity index (χ0v) is 29.6. The number of carbonyl (C=O) groups is 1. The van der Waals surface area contributed by atoms with Gasteiger partial charge in [-0.2, -0.15) is 0 Å². The summed E-state index contributed by atoms with van der Waals surface area (Å²) in [6, 6.07) is 9.08. The molecule has 0 aliphatic rings. The Bertz CT molecular complexity index is 1190. The quantitative estimate of drug-likeness (QED) is 0.141. The highest BCUT2D eigenvalue weighted by Gasteiger charge is 2.38. The zero-order valence-electron chi connectivity index (χ0n) is 26.7. The highest BCUT2D eigenvalue weighted by molar-refractivity contribution is 7.11. The smallest absolute Gasteiger partial charge is 0.328 e. The van der Waals surface area contributed by atoms with Gasteiger partial charge in [0.25, 0.3) is 0 Å². The summed E-state index contributed by atoms with van der Waals surface area (Å²) in [7, 11) is -3.76. The number of thiophene rings is 1. The molecule has 0 unspecified atom stereocenters.